The first-order chi connectivity index (χ1) is 5.33. The molecule has 1 heterocycles. The Morgan fingerprint density at radius 3 is 2.45 bits per heavy atom. The van der Waals surface area contributed by atoms with Crippen LogP contribution in [0.25, 0.3) is 0 Å². The molecule has 0 aliphatic carbocycles. The maximum atomic E-state index is 4.05. The highest BCUT2D eigenvalue weighted by molar-refractivity contribution is 7.18. The first-order valence-corrected chi connectivity index (χ1v) is 4.17. The van der Waals surface area contributed by atoms with Crippen molar-refractivity contribution in [2.75, 3.05) is 5.09 Å². The summed E-state index contributed by atoms with van der Waals surface area (Å²) in [4.78, 5) is 7.98. The van der Waals surface area contributed by atoms with Crippen molar-refractivity contribution in [3.63, 3.8) is 0 Å². The Hall–Kier alpha value is -0.690. The Morgan fingerprint density at radius 2 is 2.09 bits per heavy atom. The summed E-state index contributed by atoms with van der Waals surface area (Å²) in [7, 11) is 2.38. The summed E-state index contributed by atoms with van der Waals surface area (Å²) in [5.74, 6) is 1.61. The summed E-state index contributed by atoms with van der Waals surface area (Å²) in [5, 5.41) is 2.83. The van der Waals surface area contributed by atoms with Gasteiger partial charge in [-0.3, -0.25) is 0 Å². The van der Waals surface area contributed by atoms with Crippen LogP contribution in [0.2, 0.25) is 0 Å². The van der Waals surface area contributed by atoms with E-state index in [0.29, 0.717) is 0 Å². The quantitative estimate of drug-likeness (QED) is 0.657. The van der Waals surface area contributed by atoms with Crippen molar-refractivity contribution in [2.45, 2.75) is 20.8 Å². The van der Waals surface area contributed by atoms with E-state index >= 15 is 0 Å². The number of nitrogens with zero attached hydrogens (tertiary/aromatic N) is 2. The molecule has 1 aromatic rings. The van der Waals surface area contributed by atoms with Crippen LogP contribution in [0.5, 0.6) is 0 Å². The van der Waals surface area contributed by atoms with Gasteiger partial charge in [0.2, 0.25) is 0 Å². The third-order valence-corrected chi connectivity index (χ3v) is 1.22. The topological polar surface area (TPSA) is 37.8 Å². The molecule has 62 valence electrons. The molecule has 0 amide bonds. The fourth-order valence-corrected chi connectivity index (χ4v) is 0.697. The lowest BCUT2D eigenvalue weighted by atomic mass is 10.6. The van der Waals surface area contributed by atoms with Gasteiger partial charge in [0, 0.05) is 6.20 Å². The van der Waals surface area contributed by atoms with Gasteiger partial charge in [-0.1, -0.05) is 13.8 Å². The van der Waals surface area contributed by atoms with E-state index in [-0.39, 0.29) is 0 Å². The zero-order chi connectivity index (χ0) is 8.69. The van der Waals surface area contributed by atoms with Crippen molar-refractivity contribution < 1.29 is 0 Å². The van der Waals surface area contributed by atoms with Crippen LogP contribution in [0.3, 0.4) is 0 Å². The normalized spacial score (nSPS) is 8.00. The van der Waals surface area contributed by atoms with Crippen LogP contribution in [0, 0.1) is 6.92 Å². The third kappa shape index (κ3) is 3.89. The molecule has 1 rings (SSSR count). The van der Waals surface area contributed by atoms with E-state index in [4.69, 9.17) is 0 Å². The number of aromatic nitrogens is 2. The number of hydrogen-bond donors (Lipinski definition) is 1. The van der Waals surface area contributed by atoms with E-state index in [2.05, 4.69) is 24.4 Å². The molecule has 0 aliphatic heterocycles. The minimum absolute atomic E-state index is 0.780. The lowest BCUT2D eigenvalue weighted by molar-refractivity contribution is 1.06. The lowest BCUT2D eigenvalue weighted by Crippen LogP contribution is -1.89. The summed E-state index contributed by atoms with van der Waals surface area (Å²) in [5.41, 5.74) is 0. The van der Waals surface area contributed by atoms with Crippen LogP contribution in [0.15, 0.2) is 12.3 Å². The average molecular weight is 171 g/mol. The molecule has 0 aromatic carbocycles. The maximum absolute atomic E-state index is 4.05. The first kappa shape index (κ1) is 10.3. The van der Waals surface area contributed by atoms with Crippen molar-refractivity contribution in [3.8, 4) is 0 Å². The molecule has 0 saturated heterocycles. The first-order valence-electron chi connectivity index (χ1n) is 3.59. The van der Waals surface area contributed by atoms with Gasteiger partial charge >= 0.3 is 0 Å². The summed E-state index contributed by atoms with van der Waals surface area (Å²) in [6, 6.07) is 1.81. The van der Waals surface area contributed by atoms with Crippen molar-refractivity contribution in [2.24, 2.45) is 0 Å². The molecule has 0 spiro atoms. The number of aryl methyl sites for hydroxylation is 1. The molecule has 0 saturated carbocycles. The Balaban J connectivity index is 0.000000461. The predicted molar refractivity (Wildman–Crippen MR) is 51.4 cm³/mol. The second-order valence-corrected chi connectivity index (χ2v) is 1.92. The smallest absolute Gasteiger partial charge is 0.132 e. The summed E-state index contributed by atoms with van der Waals surface area (Å²) < 4.78 is 0. The molecule has 0 bridgehead atoms. The van der Waals surface area contributed by atoms with Gasteiger partial charge in [0.1, 0.15) is 11.6 Å². The minimum atomic E-state index is 0.780. The highest BCUT2D eigenvalue weighted by Crippen LogP contribution is 2.01. The molecule has 0 radical (unpaired) electrons. The number of hydrogen-bond acceptors (Lipinski definition) is 3. The van der Waals surface area contributed by atoms with Crippen LogP contribution in [-0.2, 0) is 0 Å². The Labute approximate surface area is 69.9 Å². The molecule has 0 aliphatic rings. The SMILES string of the molecule is CC.Cc1nccc(NP)n1. The molecule has 0 fully saturated rings. The lowest BCUT2D eigenvalue weighted by Gasteiger charge is -1.96. The highest BCUT2D eigenvalue weighted by Gasteiger charge is 1.87. The Kier molecular flexibility index (Phi) is 5.67. The fraction of sp³-hybridized carbons (Fsp3) is 0.429. The van der Waals surface area contributed by atoms with E-state index in [1.165, 1.54) is 0 Å². The van der Waals surface area contributed by atoms with Gasteiger partial charge in [-0.2, -0.15) is 0 Å². The predicted octanol–water partition coefficient (Wildman–Crippen LogP) is 2.01. The molecule has 1 N–H and O–H groups in total. The van der Waals surface area contributed by atoms with Crippen molar-refractivity contribution in [3.05, 3.63) is 18.1 Å². The van der Waals surface area contributed by atoms with Crippen molar-refractivity contribution in [1.29, 1.82) is 0 Å². The van der Waals surface area contributed by atoms with Crippen LogP contribution >= 0.6 is 9.39 Å². The van der Waals surface area contributed by atoms with E-state index in [1.54, 1.807) is 12.3 Å². The highest BCUT2D eigenvalue weighted by atomic mass is 31.0. The van der Waals surface area contributed by atoms with Crippen LogP contribution in [0.4, 0.5) is 5.82 Å². The summed E-state index contributed by atoms with van der Waals surface area (Å²) >= 11 is 0. The average Bonchev–Trinajstić information content (AvgIpc) is 2.08. The molecular formula is C7H14N3P. The maximum Gasteiger partial charge on any atom is 0.132 e. The number of rotatable bonds is 1. The van der Waals surface area contributed by atoms with E-state index in [9.17, 15) is 0 Å². The van der Waals surface area contributed by atoms with Gasteiger partial charge in [-0.05, 0) is 22.4 Å². The van der Waals surface area contributed by atoms with E-state index < -0.39 is 0 Å². The molecular weight excluding hydrogens is 157 g/mol. The Morgan fingerprint density at radius 1 is 1.45 bits per heavy atom. The monoisotopic (exact) mass is 171 g/mol. The zero-order valence-corrected chi connectivity index (χ0v) is 8.28. The standard InChI is InChI=1S/C5H8N3P.C2H6/c1-4-6-3-2-5(7-4)8-9;1-2/h2-3H,9H2,1H3,(H,6,7,8);1-2H3. The van der Waals surface area contributed by atoms with Crippen LogP contribution in [-0.4, -0.2) is 9.97 Å². The van der Waals surface area contributed by atoms with Crippen LogP contribution < -0.4 is 5.09 Å². The number of nitrogens with one attached hydrogen (secondary N) is 1. The molecule has 1 atom stereocenters. The zero-order valence-electron chi connectivity index (χ0n) is 7.13. The summed E-state index contributed by atoms with van der Waals surface area (Å²) in [6.07, 6.45) is 1.72. The van der Waals surface area contributed by atoms with Crippen molar-refractivity contribution in [1.82, 2.24) is 9.97 Å². The fourth-order valence-electron chi connectivity index (χ4n) is 0.537. The summed E-state index contributed by atoms with van der Waals surface area (Å²) in [6.45, 7) is 5.85. The van der Waals surface area contributed by atoms with E-state index in [1.807, 2.05) is 20.8 Å². The second-order valence-electron chi connectivity index (χ2n) is 1.63. The molecule has 4 heteroatoms. The minimum Gasteiger partial charge on any atom is -0.354 e. The van der Waals surface area contributed by atoms with Gasteiger partial charge in [0.25, 0.3) is 0 Å². The molecule has 1 unspecified atom stereocenters. The second kappa shape index (κ2) is 6.05. The largest absolute Gasteiger partial charge is 0.354 e. The third-order valence-electron chi connectivity index (χ3n) is 0.924. The van der Waals surface area contributed by atoms with Gasteiger partial charge in [0.05, 0.1) is 0 Å². The molecule has 11 heavy (non-hydrogen) atoms. The van der Waals surface area contributed by atoms with E-state index in [0.717, 1.165) is 11.6 Å². The van der Waals surface area contributed by atoms with Gasteiger partial charge in [-0.15, -0.1) is 0 Å². The van der Waals surface area contributed by atoms with Crippen molar-refractivity contribution >= 4 is 15.2 Å². The molecule has 1 aromatic heterocycles. The van der Waals surface area contributed by atoms with Crippen LogP contribution in [0.1, 0.15) is 19.7 Å². The van der Waals surface area contributed by atoms with Gasteiger partial charge in [-0.25, -0.2) is 9.97 Å². The van der Waals surface area contributed by atoms with Gasteiger partial charge < -0.3 is 5.09 Å². The number of anilines is 1. The van der Waals surface area contributed by atoms with Gasteiger partial charge in [0.15, 0.2) is 0 Å². The molecule has 3 nitrogen and oxygen atoms in total. The Bertz CT molecular complexity index is 203.